The van der Waals surface area contributed by atoms with E-state index in [0.717, 1.165) is 6.21 Å². The van der Waals surface area contributed by atoms with Crippen molar-refractivity contribution in [2.24, 2.45) is 5.16 Å². The third kappa shape index (κ3) is 2.17. The third-order valence-corrected chi connectivity index (χ3v) is 2.70. The van der Waals surface area contributed by atoms with Crippen LogP contribution in [0.5, 0.6) is 0 Å². The number of aromatic nitrogens is 2. The lowest BCUT2D eigenvalue weighted by Crippen LogP contribution is -2.19. The summed E-state index contributed by atoms with van der Waals surface area (Å²) in [7, 11) is 0. The van der Waals surface area contributed by atoms with Crippen LogP contribution in [-0.2, 0) is 6.54 Å². The summed E-state index contributed by atoms with van der Waals surface area (Å²) < 4.78 is 1.56. The van der Waals surface area contributed by atoms with Crippen molar-refractivity contribution < 1.29 is 15.1 Å². The van der Waals surface area contributed by atoms with Crippen LogP contribution in [-0.4, -0.2) is 32.0 Å². The number of rotatable bonds is 3. The summed E-state index contributed by atoms with van der Waals surface area (Å²) in [6.07, 6.45) is 2.40. The molecule has 0 fully saturated rings. The SMILES string of the molecule is CCn1cc(C(=O)O)c(=O)c2ccc(/C=N/O)nc21. The maximum absolute atomic E-state index is 12.0. The molecule has 98 valence electrons. The van der Waals surface area contributed by atoms with E-state index in [9.17, 15) is 9.59 Å². The Balaban J connectivity index is 2.86. The average Bonchev–Trinajstić information content (AvgIpc) is 2.39. The molecule has 7 nitrogen and oxygen atoms in total. The topological polar surface area (TPSA) is 105 Å². The lowest BCUT2D eigenvalue weighted by molar-refractivity contribution is 0.0695. The summed E-state index contributed by atoms with van der Waals surface area (Å²) in [5.74, 6) is -1.27. The Morgan fingerprint density at radius 2 is 2.26 bits per heavy atom. The molecular formula is C12H11N3O4. The van der Waals surface area contributed by atoms with Gasteiger partial charge in [-0.1, -0.05) is 5.16 Å². The Hall–Kier alpha value is -2.70. The smallest absolute Gasteiger partial charge is 0.341 e. The summed E-state index contributed by atoms with van der Waals surface area (Å²) in [6.45, 7) is 2.27. The number of carboxylic acid groups (broad SMARTS) is 1. The van der Waals surface area contributed by atoms with E-state index in [-0.39, 0.29) is 10.9 Å². The van der Waals surface area contributed by atoms with Crippen molar-refractivity contribution in [3.05, 3.63) is 39.8 Å². The highest BCUT2D eigenvalue weighted by atomic mass is 16.4. The van der Waals surface area contributed by atoms with Crippen molar-refractivity contribution in [3.63, 3.8) is 0 Å². The normalized spacial score (nSPS) is 11.2. The summed E-state index contributed by atoms with van der Waals surface area (Å²) >= 11 is 0. The van der Waals surface area contributed by atoms with Gasteiger partial charge in [0.1, 0.15) is 11.2 Å². The maximum Gasteiger partial charge on any atom is 0.341 e. The fourth-order valence-corrected chi connectivity index (χ4v) is 1.80. The van der Waals surface area contributed by atoms with Crippen molar-refractivity contribution in [1.29, 1.82) is 0 Å². The maximum atomic E-state index is 12.0. The lowest BCUT2D eigenvalue weighted by Gasteiger charge is -2.09. The Kier molecular flexibility index (Phi) is 3.28. The Labute approximate surface area is 107 Å². The van der Waals surface area contributed by atoms with E-state index in [0.29, 0.717) is 17.9 Å². The predicted molar refractivity (Wildman–Crippen MR) is 68.0 cm³/mol. The zero-order valence-electron chi connectivity index (χ0n) is 10.1. The fourth-order valence-electron chi connectivity index (χ4n) is 1.80. The highest BCUT2D eigenvalue weighted by Gasteiger charge is 2.14. The van der Waals surface area contributed by atoms with Gasteiger partial charge in [-0.25, -0.2) is 9.78 Å². The first kappa shape index (κ1) is 12.7. The van der Waals surface area contributed by atoms with Crippen LogP contribution in [0.3, 0.4) is 0 Å². The van der Waals surface area contributed by atoms with Crippen molar-refractivity contribution >= 4 is 23.2 Å². The van der Waals surface area contributed by atoms with Gasteiger partial charge in [0.15, 0.2) is 0 Å². The second-order valence-corrected chi connectivity index (χ2v) is 3.81. The van der Waals surface area contributed by atoms with Crippen LogP contribution >= 0.6 is 0 Å². The van der Waals surface area contributed by atoms with Gasteiger partial charge in [-0.3, -0.25) is 4.79 Å². The summed E-state index contributed by atoms with van der Waals surface area (Å²) in [4.78, 5) is 27.2. The molecule has 2 aromatic heterocycles. The first-order valence-electron chi connectivity index (χ1n) is 5.53. The molecule has 2 aromatic rings. The molecule has 0 aliphatic heterocycles. The number of carbonyl (C=O) groups is 1. The van der Waals surface area contributed by atoms with Gasteiger partial charge in [0.25, 0.3) is 0 Å². The van der Waals surface area contributed by atoms with Gasteiger partial charge in [-0.2, -0.15) is 0 Å². The number of hydrogen-bond acceptors (Lipinski definition) is 5. The molecule has 0 aliphatic carbocycles. The molecule has 0 spiro atoms. The monoisotopic (exact) mass is 261 g/mol. The van der Waals surface area contributed by atoms with Crippen LogP contribution in [0.15, 0.2) is 28.3 Å². The number of carboxylic acids is 1. The van der Waals surface area contributed by atoms with Crippen molar-refractivity contribution in [3.8, 4) is 0 Å². The van der Waals surface area contributed by atoms with Crippen LogP contribution in [0.1, 0.15) is 23.0 Å². The van der Waals surface area contributed by atoms with Gasteiger partial charge in [-0.05, 0) is 19.1 Å². The number of hydrogen-bond donors (Lipinski definition) is 2. The zero-order valence-corrected chi connectivity index (χ0v) is 10.1. The summed E-state index contributed by atoms with van der Waals surface area (Å²) in [6, 6.07) is 2.95. The molecule has 0 unspecified atom stereocenters. The van der Waals surface area contributed by atoms with Gasteiger partial charge >= 0.3 is 5.97 Å². The molecule has 2 heterocycles. The van der Waals surface area contributed by atoms with Gasteiger partial charge in [-0.15, -0.1) is 0 Å². The molecule has 2 N–H and O–H groups in total. The van der Waals surface area contributed by atoms with Crippen LogP contribution in [0.2, 0.25) is 0 Å². The standard InChI is InChI=1S/C12H11N3O4/c1-2-15-6-9(12(17)18)10(16)8-4-3-7(5-13-19)14-11(8)15/h3-6,19H,2H2,1H3,(H,17,18)/b13-5+. The number of pyridine rings is 2. The average molecular weight is 261 g/mol. The summed E-state index contributed by atoms with van der Waals surface area (Å²) in [5, 5.41) is 20.6. The second-order valence-electron chi connectivity index (χ2n) is 3.81. The highest BCUT2D eigenvalue weighted by Crippen LogP contribution is 2.10. The third-order valence-electron chi connectivity index (χ3n) is 2.70. The first-order chi connectivity index (χ1) is 9.08. The van der Waals surface area contributed by atoms with Gasteiger partial charge < -0.3 is 14.9 Å². The molecular weight excluding hydrogens is 250 g/mol. The van der Waals surface area contributed by atoms with E-state index < -0.39 is 11.4 Å². The summed E-state index contributed by atoms with van der Waals surface area (Å²) in [5.41, 5.74) is -0.138. The Bertz CT molecular complexity index is 734. The Morgan fingerprint density at radius 3 is 2.84 bits per heavy atom. The number of aromatic carboxylic acids is 1. The van der Waals surface area contributed by atoms with Gasteiger partial charge in [0.2, 0.25) is 5.43 Å². The lowest BCUT2D eigenvalue weighted by atomic mass is 10.2. The molecule has 0 atom stereocenters. The fraction of sp³-hybridized carbons (Fsp3) is 0.167. The molecule has 0 amide bonds. The highest BCUT2D eigenvalue weighted by molar-refractivity contribution is 5.92. The number of oxime groups is 1. The zero-order chi connectivity index (χ0) is 14.0. The van der Waals surface area contributed by atoms with E-state index in [1.807, 2.05) is 6.92 Å². The van der Waals surface area contributed by atoms with Crippen molar-refractivity contribution in [2.45, 2.75) is 13.5 Å². The van der Waals surface area contributed by atoms with Gasteiger partial charge in [0.05, 0.1) is 17.3 Å². The predicted octanol–water partition coefficient (Wildman–Crippen LogP) is 0.923. The molecule has 2 rings (SSSR count). The van der Waals surface area contributed by atoms with Crippen molar-refractivity contribution in [2.75, 3.05) is 0 Å². The van der Waals surface area contributed by atoms with Crippen LogP contribution < -0.4 is 5.43 Å². The van der Waals surface area contributed by atoms with E-state index in [1.165, 1.54) is 18.3 Å². The molecule has 7 heteroatoms. The first-order valence-corrected chi connectivity index (χ1v) is 5.53. The van der Waals surface area contributed by atoms with Gasteiger partial charge in [0, 0.05) is 12.7 Å². The second kappa shape index (κ2) is 4.89. The van der Waals surface area contributed by atoms with Crippen LogP contribution in [0.4, 0.5) is 0 Å². The largest absolute Gasteiger partial charge is 0.477 e. The van der Waals surface area contributed by atoms with Crippen LogP contribution in [0, 0.1) is 0 Å². The molecule has 0 saturated carbocycles. The quantitative estimate of drug-likeness (QED) is 0.485. The number of nitrogens with zero attached hydrogens (tertiary/aromatic N) is 3. The molecule has 0 radical (unpaired) electrons. The van der Waals surface area contributed by atoms with Crippen LogP contribution in [0.25, 0.3) is 11.0 Å². The minimum absolute atomic E-state index is 0.219. The Morgan fingerprint density at radius 1 is 1.53 bits per heavy atom. The van der Waals surface area contributed by atoms with E-state index >= 15 is 0 Å². The minimum atomic E-state index is -1.27. The van der Waals surface area contributed by atoms with E-state index in [1.54, 1.807) is 4.57 Å². The minimum Gasteiger partial charge on any atom is -0.477 e. The molecule has 0 aromatic carbocycles. The molecule has 0 saturated heterocycles. The van der Waals surface area contributed by atoms with Crippen molar-refractivity contribution in [1.82, 2.24) is 9.55 Å². The van der Waals surface area contributed by atoms with E-state index in [2.05, 4.69) is 10.1 Å². The molecule has 19 heavy (non-hydrogen) atoms. The molecule has 0 bridgehead atoms. The number of fused-ring (bicyclic) bond motifs is 1. The van der Waals surface area contributed by atoms with E-state index in [4.69, 9.17) is 10.3 Å². The molecule has 0 aliphatic rings. The number of aryl methyl sites for hydroxylation is 1.